The lowest BCUT2D eigenvalue weighted by atomic mass is 9.78. The molecular weight excluding hydrogens is 325 g/mol. The molecule has 0 bridgehead atoms. The Morgan fingerprint density at radius 1 is 1.16 bits per heavy atom. The van der Waals surface area contributed by atoms with E-state index in [0.29, 0.717) is 31.7 Å². The quantitative estimate of drug-likeness (QED) is 0.613. The summed E-state index contributed by atoms with van der Waals surface area (Å²) in [5.41, 5.74) is -0.0450. The first-order valence-corrected chi connectivity index (χ1v) is 8.59. The highest BCUT2D eigenvalue weighted by Crippen LogP contribution is 2.29. The maximum Gasteiger partial charge on any atom is 0.251 e. The Bertz CT molecular complexity index is 566. The molecule has 1 aromatic rings. The lowest BCUT2D eigenvalue weighted by molar-refractivity contribution is -0.136. The predicted octanol–water partition coefficient (Wildman–Crippen LogP) is 1.08. The molecule has 3 N–H and O–H groups in total. The van der Waals surface area contributed by atoms with E-state index in [1.807, 2.05) is 0 Å². The first-order chi connectivity index (χ1) is 12.1. The Labute approximate surface area is 147 Å². The second-order valence-electron chi connectivity index (χ2n) is 6.34. The summed E-state index contributed by atoms with van der Waals surface area (Å²) < 4.78 is 18.1. The average molecular weight is 351 g/mol. The van der Waals surface area contributed by atoms with Gasteiger partial charge in [0, 0.05) is 25.8 Å². The van der Waals surface area contributed by atoms with Crippen molar-refractivity contribution in [2.75, 3.05) is 39.9 Å². The zero-order chi connectivity index (χ0) is 18.1. The SMILES string of the molecule is COCC1(C(=O)NCCCNC(=O)c2ccc(F)cc2)CCNCC1. The summed E-state index contributed by atoms with van der Waals surface area (Å²) in [5, 5.41) is 8.96. The molecule has 0 unspecified atom stereocenters. The van der Waals surface area contributed by atoms with Gasteiger partial charge in [0.1, 0.15) is 5.82 Å². The molecule has 1 fully saturated rings. The molecule has 1 aromatic carbocycles. The lowest BCUT2D eigenvalue weighted by Gasteiger charge is -2.35. The second-order valence-corrected chi connectivity index (χ2v) is 6.34. The maximum absolute atomic E-state index is 12.8. The fourth-order valence-electron chi connectivity index (χ4n) is 3.00. The number of benzene rings is 1. The standard InChI is InChI=1S/C18H26FN3O3/c1-25-13-18(7-11-20-12-8-18)17(24)22-10-2-9-21-16(23)14-3-5-15(19)6-4-14/h3-6,20H,2,7-13H2,1H3,(H,21,23)(H,22,24). The molecule has 0 atom stereocenters. The van der Waals surface area contributed by atoms with Crippen LogP contribution in [0.3, 0.4) is 0 Å². The van der Waals surface area contributed by atoms with Crippen molar-refractivity contribution >= 4 is 11.8 Å². The molecule has 0 spiro atoms. The van der Waals surface area contributed by atoms with Crippen molar-refractivity contribution in [2.45, 2.75) is 19.3 Å². The van der Waals surface area contributed by atoms with Crippen molar-refractivity contribution in [2.24, 2.45) is 5.41 Å². The van der Waals surface area contributed by atoms with E-state index >= 15 is 0 Å². The van der Waals surface area contributed by atoms with Crippen LogP contribution in [0.25, 0.3) is 0 Å². The number of methoxy groups -OCH3 is 1. The van der Waals surface area contributed by atoms with Crippen LogP contribution in [0.4, 0.5) is 4.39 Å². The molecule has 25 heavy (non-hydrogen) atoms. The molecule has 0 radical (unpaired) electrons. The number of halogens is 1. The van der Waals surface area contributed by atoms with Gasteiger partial charge in [-0.25, -0.2) is 4.39 Å². The Morgan fingerprint density at radius 2 is 1.80 bits per heavy atom. The molecule has 0 aliphatic carbocycles. The van der Waals surface area contributed by atoms with Crippen molar-refractivity contribution in [3.63, 3.8) is 0 Å². The molecule has 0 aromatic heterocycles. The van der Waals surface area contributed by atoms with E-state index < -0.39 is 5.41 Å². The number of nitrogens with one attached hydrogen (secondary N) is 3. The zero-order valence-corrected chi connectivity index (χ0v) is 14.6. The van der Waals surface area contributed by atoms with Crippen LogP contribution in [0, 0.1) is 11.2 Å². The molecule has 1 aliphatic heterocycles. The third kappa shape index (κ3) is 5.51. The van der Waals surface area contributed by atoms with E-state index in [1.54, 1.807) is 7.11 Å². The average Bonchev–Trinajstić information content (AvgIpc) is 2.62. The highest BCUT2D eigenvalue weighted by molar-refractivity contribution is 5.94. The third-order valence-corrected chi connectivity index (χ3v) is 4.49. The van der Waals surface area contributed by atoms with Crippen LogP contribution in [0.15, 0.2) is 24.3 Å². The van der Waals surface area contributed by atoms with Gasteiger partial charge >= 0.3 is 0 Å². The molecular formula is C18H26FN3O3. The number of carbonyl (C=O) groups is 2. The number of piperidine rings is 1. The van der Waals surface area contributed by atoms with Gasteiger partial charge in [-0.1, -0.05) is 0 Å². The lowest BCUT2D eigenvalue weighted by Crippen LogP contribution is -2.50. The van der Waals surface area contributed by atoms with Crippen molar-refractivity contribution in [3.8, 4) is 0 Å². The number of hydrogen-bond acceptors (Lipinski definition) is 4. The summed E-state index contributed by atoms with van der Waals surface area (Å²) in [5.74, 6) is -0.608. The molecule has 7 heteroatoms. The summed E-state index contributed by atoms with van der Waals surface area (Å²) in [4.78, 5) is 24.4. The zero-order valence-electron chi connectivity index (χ0n) is 14.6. The van der Waals surface area contributed by atoms with Gasteiger partial charge in [0.2, 0.25) is 5.91 Å². The van der Waals surface area contributed by atoms with E-state index in [0.717, 1.165) is 25.9 Å². The minimum absolute atomic E-state index is 0.0145. The van der Waals surface area contributed by atoms with Crippen LogP contribution in [0.1, 0.15) is 29.6 Å². The molecule has 0 saturated carbocycles. The topological polar surface area (TPSA) is 79.5 Å². The number of carbonyl (C=O) groups excluding carboxylic acids is 2. The van der Waals surface area contributed by atoms with Crippen LogP contribution in [0.2, 0.25) is 0 Å². The van der Waals surface area contributed by atoms with Crippen molar-refractivity contribution in [1.29, 1.82) is 0 Å². The summed E-state index contributed by atoms with van der Waals surface area (Å²) >= 11 is 0. The molecule has 2 amide bonds. The van der Waals surface area contributed by atoms with Crippen LogP contribution in [-0.2, 0) is 9.53 Å². The van der Waals surface area contributed by atoms with Crippen LogP contribution < -0.4 is 16.0 Å². The highest BCUT2D eigenvalue weighted by atomic mass is 19.1. The van der Waals surface area contributed by atoms with Gasteiger partial charge in [-0.3, -0.25) is 9.59 Å². The van der Waals surface area contributed by atoms with Crippen LogP contribution >= 0.6 is 0 Å². The first-order valence-electron chi connectivity index (χ1n) is 8.59. The van der Waals surface area contributed by atoms with Gasteiger partial charge in [0.15, 0.2) is 0 Å². The Balaban J connectivity index is 1.70. The highest BCUT2D eigenvalue weighted by Gasteiger charge is 2.39. The van der Waals surface area contributed by atoms with E-state index in [4.69, 9.17) is 4.74 Å². The summed E-state index contributed by atoms with van der Waals surface area (Å²) in [6.07, 6.45) is 2.14. The van der Waals surface area contributed by atoms with Gasteiger partial charge in [-0.15, -0.1) is 0 Å². The molecule has 1 heterocycles. The van der Waals surface area contributed by atoms with Crippen LogP contribution in [-0.4, -0.2) is 51.7 Å². The van der Waals surface area contributed by atoms with Crippen molar-refractivity contribution < 1.29 is 18.7 Å². The Kier molecular flexibility index (Phi) is 7.33. The number of rotatable bonds is 8. The Morgan fingerprint density at radius 3 is 2.44 bits per heavy atom. The van der Waals surface area contributed by atoms with E-state index in [1.165, 1.54) is 24.3 Å². The summed E-state index contributed by atoms with van der Waals surface area (Å²) in [7, 11) is 1.61. The smallest absolute Gasteiger partial charge is 0.251 e. The van der Waals surface area contributed by atoms with E-state index in [9.17, 15) is 14.0 Å². The van der Waals surface area contributed by atoms with Crippen molar-refractivity contribution in [1.82, 2.24) is 16.0 Å². The van der Waals surface area contributed by atoms with Gasteiger partial charge in [-0.05, 0) is 56.6 Å². The van der Waals surface area contributed by atoms with E-state index in [2.05, 4.69) is 16.0 Å². The van der Waals surface area contributed by atoms with Gasteiger partial charge < -0.3 is 20.7 Å². The first kappa shape index (κ1) is 19.3. The third-order valence-electron chi connectivity index (χ3n) is 4.49. The predicted molar refractivity (Wildman–Crippen MR) is 92.8 cm³/mol. The molecule has 1 saturated heterocycles. The second kappa shape index (κ2) is 9.48. The largest absolute Gasteiger partial charge is 0.384 e. The van der Waals surface area contributed by atoms with E-state index in [-0.39, 0.29) is 17.6 Å². The maximum atomic E-state index is 12.8. The van der Waals surface area contributed by atoms with Crippen molar-refractivity contribution in [3.05, 3.63) is 35.6 Å². The number of hydrogen-bond donors (Lipinski definition) is 3. The molecule has 6 nitrogen and oxygen atoms in total. The number of ether oxygens (including phenoxy) is 1. The monoisotopic (exact) mass is 351 g/mol. The van der Waals surface area contributed by atoms with Gasteiger partial charge in [0.25, 0.3) is 5.91 Å². The molecule has 138 valence electrons. The van der Waals surface area contributed by atoms with Gasteiger partial charge in [-0.2, -0.15) is 0 Å². The normalized spacial score (nSPS) is 16.2. The van der Waals surface area contributed by atoms with Crippen LogP contribution in [0.5, 0.6) is 0 Å². The van der Waals surface area contributed by atoms with Gasteiger partial charge in [0.05, 0.1) is 12.0 Å². The fourth-order valence-corrected chi connectivity index (χ4v) is 3.00. The minimum atomic E-state index is -0.461. The fraction of sp³-hybridized carbons (Fsp3) is 0.556. The summed E-state index contributed by atoms with van der Waals surface area (Å²) in [6, 6.07) is 5.39. The summed E-state index contributed by atoms with van der Waals surface area (Å²) in [6.45, 7) is 2.97. The molecule has 1 aliphatic rings. The number of amides is 2. The Hall–Kier alpha value is -1.99. The molecule has 2 rings (SSSR count). The minimum Gasteiger partial charge on any atom is -0.384 e.